The number of rotatable bonds is 3. The molecule has 0 rings (SSSR count). The van der Waals surface area contributed by atoms with E-state index >= 15 is 0 Å². The summed E-state index contributed by atoms with van der Waals surface area (Å²) in [7, 11) is 0. The maximum Gasteiger partial charge on any atom is 0.389 e. The van der Waals surface area contributed by atoms with Crippen LogP contribution in [0.15, 0.2) is 0 Å². The van der Waals surface area contributed by atoms with E-state index in [0.717, 1.165) is 0 Å². The van der Waals surface area contributed by atoms with Gasteiger partial charge in [-0.3, -0.25) is 0 Å². The van der Waals surface area contributed by atoms with Gasteiger partial charge < -0.3 is 9.90 Å². The third kappa shape index (κ3) is 7.26. The van der Waals surface area contributed by atoms with E-state index < -0.39 is 31.4 Å². The zero-order valence-corrected chi connectivity index (χ0v) is 5.07. The zero-order chi connectivity index (χ0) is 8.20. The van der Waals surface area contributed by atoms with Gasteiger partial charge in [0.15, 0.2) is 0 Å². The molecule has 0 heterocycles. The molecule has 0 spiro atoms. The molecule has 0 aromatic carbocycles. The fourth-order valence-corrected chi connectivity index (χ4v) is 0.433. The normalized spacial score (nSPS) is 11.5. The first kappa shape index (κ1) is 9.26. The number of aliphatic carboxylic acids is 1. The SMILES string of the molecule is O=C([O-])CCCC(F)(F)F. The summed E-state index contributed by atoms with van der Waals surface area (Å²) in [5.41, 5.74) is 0. The predicted molar refractivity (Wildman–Crippen MR) is 24.9 cm³/mol. The standard InChI is InChI=1S/C5H7F3O2/c6-5(7,8)3-1-2-4(9)10/h1-3H2,(H,9,10)/p-1. The second-order valence-electron chi connectivity index (χ2n) is 1.84. The van der Waals surface area contributed by atoms with Gasteiger partial charge in [0.05, 0.1) is 0 Å². The second kappa shape index (κ2) is 3.43. The van der Waals surface area contributed by atoms with Crippen LogP contribution in [0.1, 0.15) is 19.3 Å². The lowest BCUT2D eigenvalue weighted by atomic mass is 10.2. The first-order valence-corrected chi connectivity index (χ1v) is 2.68. The number of halogens is 3. The Bertz CT molecular complexity index is 119. The van der Waals surface area contributed by atoms with Crippen molar-refractivity contribution in [3.8, 4) is 0 Å². The lowest BCUT2D eigenvalue weighted by molar-refractivity contribution is -0.306. The van der Waals surface area contributed by atoms with Crippen LogP contribution in [0, 0.1) is 0 Å². The molecule has 2 nitrogen and oxygen atoms in total. The third-order valence-electron chi connectivity index (χ3n) is 0.841. The lowest BCUT2D eigenvalue weighted by Crippen LogP contribution is -2.22. The Hall–Kier alpha value is -0.740. The number of hydrogen-bond donors (Lipinski definition) is 0. The first-order valence-electron chi connectivity index (χ1n) is 2.68. The molecule has 0 aliphatic carbocycles. The Morgan fingerprint density at radius 2 is 1.90 bits per heavy atom. The molecule has 5 heteroatoms. The molecule has 0 aliphatic heterocycles. The van der Waals surface area contributed by atoms with Crippen molar-refractivity contribution >= 4 is 5.97 Å². The number of hydrogen-bond acceptors (Lipinski definition) is 2. The fraction of sp³-hybridized carbons (Fsp3) is 0.800. The van der Waals surface area contributed by atoms with E-state index in [1.807, 2.05) is 0 Å². The summed E-state index contributed by atoms with van der Waals surface area (Å²) in [6.07, 6.45) is -6.23. The summed E-state index contributed by atoms with van der Waals surface area (Å²) in [4.78, 5) is 9.61. The van der Waals surface area contributed by atoms with Gasteiger partial charge in [-0.05, 0) is 12.8 Å². The highest BCUT2D eigenvalue weighted by molar-refractivity contribution is 5.64. The smallest absolute Gasteiger partial charge is 0.389 e. The average Bonchev–Trinajstić information content (AvgIpc) is 1.59. The minimum atomic E-state index is -4.25. The molecule has 0 aliphatic rings. The highest BCUT2D eigenvalue weighted by Gasteiger charge is 2.25. The van der Waals surface area contributed by atoms with E-state index in [9.17, 15) is 23.1 Å². The maximum atomic E-state index is 11.3. The van der Waals surface area contributed by atoms with Crippen LogP contribution in [-0.2, 0) is 4.79 Å². The molecule has 0 saturated heterocycles. The molecule has 0 radical (unpaired) electrons. The van der Waals surface area contributed by atoms with Crippen LogP contribution in [0.3, 0.4) is 0 Å². The Balaban J connectivity index is 3.29. The molecular formula is C5H6F3O2-. The van der Waals surface area contributed by atoms with Crippen LogP contribution in [0.25, 0.3) is 0 Å². The van der Waals surface area contributed by atoms with E-state index in [0.29, 0.717) is 0 Å². The molecule has 60 valence electrons. The Kier molecular flexibility index (Phi) is 3.18. The summed E-state index contributed by atoms with van der Waals surface area (Å²) in [6, 6.07) is 0. The van der Waals surface area contributed by atoms with Gasteiger partial charge in [-0.15, -0.1) is 0 Å². The lowest BCUT2D eigenvalue weighted by Gasteiger charge is -2.05. The van der Waals surface area contributed by atoms with Crippen molar-refractivity contribution < 1.29 is 23.1 Å². The van der Waals surface area contributed by atoms with Gasteiger partial charge in [0.2, 0.25) is 0 Å². The number of carbonyl (C=O) groups is 1. The summed E-state index contributed by atoms with van der Waals surface area (Å²) in [6.45, 7) is 0. The summed E-state index contributed by atoms with van der Waals surface area (Å²) >= 11 is 0. The summed E-state index contributed by atoms with van der Waals surface area (Å²) < 4.78 is 33.9. The fourth-order valence-electron chi connectivity index (χ4n) is 0.433. The monoisotopic (exact) mass is 155 g/mol. The van der Waals surface area contributed by atoms with E-state index in [-0.39, 0.29) is 0 Å². The summed E-state index contributed by atoms with van der Waals surface area (Å²) in [5.74, 6) is -1.44. The number of carboxylic acid groups (broad SMARTS) is 1. The van der Waals surface area contributed by atoms with Gasteiger partial charge >= 0.3 is 6.18 Å². The molecule has 0 aromatic rings. The zero-order valence-electron chi connectivity index (χ0n) is 5.07. The van der Waals surface area contributed by atoms with Crippen LogP contribution in [-0.4, -0.2) is 12.1 Å². The van der Waals surface area contributed by atoms with E-state index in [1.54, 1.807) is 0 Å². The molecule has 0 fully saturated rings. The highest BCUT2D eigenvalue weighted by atomic mass is 19.4. The van der Waals surface area contributed by atoms with Crippen LogP contribution < -0.4 is 5.11 Å². The molecular weight excluding hydrogens is 149 g/mol. The van der Waals surface area contributed by atoms with Crippen molar-refractivity contribution in [2.24, 2.45) is 0 Å². The quantitative estimate of drug-likeness (QED) is 0.594. The molecule has 0 aromatic heterocycles. The number of alkyl halides is 3. The molecule has 0 bridgehead atoms. The molecule has 0 amide bonds. The van der Waals surface area contributed by atoms with Crippen LogP contribution in [0.2, 0.25) is 0 Å². The highest BCUT2D eigenvalue weighted by Crippen LogP contribution is 2.21. The minimum absolute atomic E-state index is 0.397. The van der Waals surface area contributed by atoms with Crippen molar-refractivity contribution in [3.63, 3.8) is 0 Å². The molecule has 0 saturated carbocycles. The van der Waals surface area contributed by atoms with E-state index in [2.05, 4.69) is 0 Å². The van der Waals surface area contributed by atoms with Crippen molar-refractivity contribution in [2.75, 3.05) is 0 Å². The summed E-state index contributed by atoms with van der Waals surface area (Å²) in [5, 5.41) is 9.61. The molecule has 0 atom stereocenters. The van der Waals surface area contributed by atoms with Crippen LogP contribution in [0.4, 0.5) is 13.2 Å². The molecule has 10 heavy (non-hydrogen) atoms. The predicted octanol–water partition coefficient (Wildman–Crippen LogP) is 0.469. The van der Waals surface area contributed by atoms with Gasteiger partial charge in [0, 0.05) is 12.4 Å². The number of carboxylic acids is 1. The molecule has 0 unspecified atom stereocenters. The Labute approximate surface area is 55.7 Å². The largest absolute Gasteiger partial charge is 0.550 e. The maximum absolute atomic E-state index is 11.3. The Morgan fingerprint density at radius 3 is 2.20 bits per heavy atom. The van der Waals surface area contributed by atoms with Gasteiger partial charge in [-0.25, -0.2) is 0 Å². The van der Waals surface area contributed by atoms with E-state index in [1.165, 1.54) is 0 Å². The topological polar surface area (TPSA) is 40.1 Å². The van der Waals surface area contributed by atoms with Crippen molar-refractivity contribution in [1.29, 1.82) is 0 Å². The average molecular weight is 155 g/mol. The third-order valence-corrected chi connectivity index (χ3v) is 0.841. The van der Waals surface area contributed by atoms with Crippen molar-refractivity contribution in [3.05, 3.63) is 0 Å². The second-order valence-corrected chi connectivity index (χ2v) is 1.84. The first-order chi connectivity index (χ1) is 4.42. The molecule has 0 N–H and O–H groups in total. The van der Waals surface area contributed by atoms with Crippen molar-refractivity contribution in [1.82, 2.24) is 0 Å². The van der Waals surface area contributed by atoms with Gasteiger partial charge in [0.25, 0.3) is 0 Å². The Morgan fingerprint density at radius 1 is 1.40 bits per heavy atom. The van der Waals surface area contributed by atoms with Crippen LogP contribution >= 0.6 is 0 Å². The van der Waals surface area contributed by atoms with Gasteiger partial charge in [-0.2, -0.15) is 13.2 Å². The minimum Gasteiger partial charge on any atom is -0.550 e. The van der Waals surface area contributed by atoms with Gasteiger partial charge in [-0.1, -0.05) is 0 Å². The van der Waals surface area contributed by atoms with Crippen molar-refractivity contribution in [2.45, 2.75) is 25.4 Å². The van der Waals surface area contributed by atoms with E-state index in [4.69, 9.17) is 0 Å². The van der Waals surface area contributed by atoms with Gasteiger partial charge in [0.1, 0.15) is 0 Å². The van der Waals surface area contributed by atoms with Crippen LogP contribution in [0.5, 0.6) is 0 Å². The number of carbonyl (C=O) groups excluding carboxylic acids is 1.